The van der Waals surface area contributed by atoms with E-state index in [1.54, 1.807) is 0 Å². The summed E-state index contributed by atoms with van der Waals surface area (Å²) in [5, 5.41) is 1.03. The minimum Gasteiger partial charge on any atom is -0.479 e. The van der Waals surface area contributed by atoms with Crippen LogP contribution in [0.3, 0.4) is 0 Å². The van der Waals surface area contributed by atoms with Crippen LogP contribution in [0.5, 0.6) is 5.06 Å². The van der Waals surface area contributed by atoms with Crippen LogP contribution in [0.15, 0.2) is 97.1 Å². The molecule has 2 nitrogen and oxygen atoms in total. The maximum Gasteiger partial charge on any atom is 0.175 e. The van der Waals surface area contributed by atoms with Crippen molar-refractivity contribution >= 4 is 11.3 Å². The van der Waals surface area contributed by atoms with Crippen molar-refractivity contribution in [1.82, 2.24) is 4.90 Å². The largest absolute Gasteiger partial charge is 0.479 e. The van der Waals surface area contributed by atoms with Crippen molar-refractivity contribution in [2.45, 2.75) is 44.9 Å². The molecule has 1 aliphatic rings. The number of thiophene rings is 1. The Balaban J connectivity index is 1.66. The van der Waals surface area contributed by atoms with Gasteiger partial charge in [0.05, 0.1) is 5.54 Å². The Morgan fingerprint density at radius 3 is 1.67 bits per heavy atom. The first-order valence-electron chi connectivity index (χ1n) is 11.7. The van der Waals surface area contributed by atoms with E-state index in [1.165, 1.54) is 27.1 Å². The Hall–Kier alpha value is -2.88. The number of hydrogen-bond donors (Lipinski definition) is 0. The zero-order valence-corrected chi connectivity index (χ0v) is 20.4. The van der Waals surface area contributed by atoms with E-state index in [0.29, 0.717) is 0 Å². The number of hydrogen-bond acceptors (Lipinski definition) is 3. The summed E-state index contributed by atoms with van der Waals surface area (Å²) in [4.78, 5) is 4.11. The number of rotatable bonds is 5. The van der Waals surface area contributed by atoms with Crippen LogP contribution in [0.2, 0.25) is 0 Å². The highest BCUT2D eigenvalue weighted by Gasteiger charge is 2.43. The van der Waals surface area contributed by atoms with Crippen molar-refractivity contribution < 1.29 is 4.74 Å². The summed E-state index contributed by atoms with van der Waals surface area (Å²) < 4.78 is 6.23. The average molecular weight is 454 g/mol. The molecule has 0 amide bonds. The molecule has 1 aromatic heterocycles. The normalized spacial score (nSPS) is 14.6. The Morgan fingerprint density at radius 1 is 0.727 bits per heavy atom. The van der Waals surface area contributed by atoms with Gasteiger partial charge in [-0.3, -0.25) is 4.90 Å². The zero-order chi connectivity index (χ0) is 22.9. The van der Waals surface area contributed by atoms with Gasteiger partial charge in [-0.05, 0) is 55.5 Å². The van der Waals surface area contributed by atoms with Gasteiger partial charge in [-0.1, -0.05) is 91.0 Å². The summed E-state index contributed by atoms with van der Waals surface area (Å²) in [5.41, 5.74) is 4.73. The molecule has 3 aromatic carbocycles. The second kappa shape index (κ2) is 8.81. The highest BCUT2D eigenvalue weighted by atomic mass is 32.1. The van der Waals surface area contributed by atoms with Crippen LogP contribution in [0, 0.1) is 0 Å². The molecule has 168 valence electrons. The quantitative estimate of drug-likeness (QED) is 0.295. The number of nitrogens with zero attached hydrogens (tertiary/aromatic N) is 1. The fraction of sp³-hybridized carbons (Fsp3) is 0.267. The van der Waals surface area contributed by atoms with Gasteiger partial charge in [0.2, 0.25) is 0 Å². The minimum atomic E-state index is -0.367. The van der Waals surface area contributed by atoms with Gasteiger partial charge in [-0.2, -0.15) is 0 Å². The van der Waals surface area contributed by atoms with Crippen LogP contribution in [-0.2, 0) is 18.5 Å². The van der Waals surface area contributed by atoms with E-state index in [2.05, 4.69) is 123 Å². The summed E-state index contributed by atoms with van der Waals surface area (Å²) in [7, 11) is 0. The highest BCUT2D eigenvalue weighted by molar-refractivity contribution is 7.14. The predicted octanol–water partition coefficient (Wildman–Crippen LogP) is 7.28. The molecule has 2 heterocycles. The summed E-state index contributed by atoms with van der Waals surface area (Å²) in [5.74, 6) is 0. The van der Waals surface area contributed by atoms with Gasteiger partial charge in [0.25, 0.3) is 0 Å². The van der Waals surface area contributed by atoms with E-state index in [9.17, 15) is 0 Å². The van der Waals surface area contributed by atoms with E-state index < -0.39 is 0 Å². The summed E-state index contributed by atoms with van der Waals surface area (Å²) in [6, 6.07) is 35.2. The zero-order valence-electron chi connectivity index (χ0n) is 19.6. The molecule has 0 fully saturated rings. The molecule has 0 aliphatic carbocycles. The lowest BCUT2D eigenvalue weighted by Crippen LogP contribution is -2.49. The summed E-state index contributed by atoms with van der Waals surface area (Å²) in [6.45, 7) is 8.22. The maximum atomic E-state index is 6.23. The van der Waals surface area contributed by atoms with Crippen LogP contribution in [0.1, 0.15) is 47.9 Å². The van der Waals surface area contributed by atoms with Crippen LogP contribution in [-0.4, -0.2) is 17.0 Å². The van der Waals surface area contributed by atoms with Crippen molar-refractivity contribution in [2.24, 2.45) is 0 Å². The highest BCUT2D eigenvalue weighted by Crippen LogP contribution is 2.46. The summed E-state index contributed by atoms with van der Waals surface area (Å²) >= 11 is 1.81. The van der Waals surface area contributed by atoms with Crippen LogP contribution in [0.25, 0.3) is 0 Å². The smallest absolute Gasteiger partial charge is 0.175 e. The van der Waals surface area contributed by atoms with Crippen LogP contribution >= 0.6 is 11.3 Å². The molecule has 0 atom stereocenters. The van der Waals surface area contributed by atoms with E-state index in [-0.39, 0.29) is 11.1 Å². The minimum absolute atomic E-state index is 0.186. The molecule has 5 rings (SSSR count). The first kappa shape index (κ1) is 21.9. The predicted molar refractivity (Wildman–Crippen MR) is 138 cm³/mol. The fourth-order valence-corrected chi connectivity index (χ4v) is 6.21. The molecule has 0 unspecified atom stereocenters. The van der Waals surface area contributed by atoms with Crippen molar-refractivity contribution in [3.8, 4) is 5.06 Å². The van der Waals surface area contributed by atoms with E-state index in [0.717, 1.165) is 24.6 Å². The third-order valence-electron chi connectivity index (χ3n) is 6.30. The second-order valence-electron chi connectivity index (χ2n) is 9.71. The topological polar surface area (TPSA) is 12.5 Å². The molecule has 0 saturated heterocycles. The Labute approximate surface area is 201 Å². The molecule has 3 heteroatoms. The molecule has 0 N–H and O–H groups in total. The standard InChI is InChI=1S/C30H31NOS/c1-29(2,3)32-28-21-23-22-31(20-19-27(23)33-28)30(24-13-7-4-8-14-24,25-15-9-5-10-16-25)26-17-11-6-12-18-26/h4-18,21H,19-20,22H2,1-3H3. The first-order valence-corrected chi connectivity index (χ1v) is 12.5. The number of fused-ring (bicyclic) bond motifs is 1. The third kappa shape index (κ3) is 4.23. The van der Waals surface area contributed by atoms with E-state index >= 15 is 0 Å². The van der Waals surface area contributed by atoms with E-state index in [4.69, 9.17) is 4.74 Å². The Morgan fingerprint density at radius 2 is 1.21 bits per heavy atom. The average Bonchev–Trinajstić information content (AvgIpc) is 3.22. The molecule has 0 saturated carbocycles. The van der Waals surface area contributed by atoms with Crippen molar-refractivity contribution in [1.29, 1.82) is 0 Å². The SMILES string of the molecule is CC(C)(C)Oc1cc2c(s1)CCN(C(c1ccccc1)(c1ccccc1)c1ccccc1)C2. The number of ether oxygens (including phenoxy) is 1. The lowest BCUT2D eigenvalue weighted by atomic mass is 9.74. The third-order valence-corrected chi connectivity index (χ3v) is 7.41. The Kier molecular flexibility index (Phi) is 5.86. The van der Waals surface area contributed by atoms with Gasteiger partial charge in [0.1, 0.15) is 5.60 Å². The van der Waals surface area contributed by atoms with Crippen molar-refractivity contribution in [3.05, 3.63) is 124 Å². The monoisotopic (exact) mass is 453 g/mol. The van der Waals surface area contributed by atoms with Gasteiger partial charge in [-0.25, -0.2) is 0 Å². The van der Waals surface area contributed by atoms with Gasteiger partial charge in [-0.15, -0.1) is 11.3 Å². The van der Waals surface area contributed by atoms with Crippen molar-refractivity contribution in [2.75, 3.05) is 6.54 Å². The summed E-state index contributed by atoms with van der Waals surface area (Å²) in [6.07, 6.45) is 1.03. The molecular weight excluding hydrogens is 422 g/mol. The van der Waals surface area contributed by atoms with Gasteiger partial charge >= 0.3 is 0 Å². The van der Waals surface area contributed by atoms with E-state index in [1.807, 2.05) is 11.3 Å². The second-order valence-corrected chi connectivity index (χ2v) is 10.8. The molecule has 0 bridgehead atoms. The Bertz CT molecular complexity index is 1100. The fourth-order valence-electron chi connectivity index (χ4n) is 5.03. The molecule has 4 aromatic rings. The lowest BCUT2D eigenvalue weighted by Gasteiger charge is -2.47. The van der Waals surface area contributed by atoms with Crippen LogP contribution < -0.4 is 4.74 Å². The number of benzene rings is 3. The molecular formula is C30H31NOS. The van der Waals surface area contributed by atoms with Gasteiger partial charge in [0, 0.05) is 18.0 Å². The van der Waals surface area contributed by atoms with Crippen LogP contribution in [0.4, 0.5) is 0 Å². The van der Waals surface area contributed by atoms with Gasteiger partial charge in [0.15, 0.2) is 5.06 Å². The maximum absolute atomic E-state index is 6.23. The molecule has 0 radical (unpaired) electrons. The lowest BCUT2D eigenvalue weighted by molar-refractivity contribution is 0.134. The van der Waals surface area contributed by atoms with Crippen molar-refractivity contribution in [3.63, 3.8) is 0 Å². The molecule has 33 heavy (non-hydrogen) atoms. The molecule has 1 aliphatic heterocycles. The first-order chi connectivity index (χ1) is 16.0. The van der Waals surface area contributed by atoms with Gasteiger partial charge < -0.3 is 4.74 Å². The molecule has 0 spiro atoms.